The van der Waals surface area contributed by atoms with Crippen molar-refractivity contribution in [3.05, 3.63) is 96.8 Å². The maximum Gasteiger partial charge on any atom is 0.269 e. The Hall–Kier alpha value is -4.32. The van der Waals surface area contributed by atoms with Crippen LogP contribution in [0.15, 0.2) is 95.5 Å². The summed E-state index contributed by atoms with van der Waals surface area (Å²) in [5.74, 6) is 9.01. The van der Waals surface area contributed by atoms with E-state index in [1.165, 1.54) is 70.6 Å². The number of anilines is 2. The second-order valence-corrected chi connectivity index (χ2v) is 25.7. The number of aryl methyl sites for hydroxylation is 2. The Balaban J connectivity index is 0.000000168. The number of fused-ring (bicyclic) bond motifs is 2. The van der Waals surface area contributed by atoms with Crippen LogP contribution in [0, 0.1) is 37.5 Å². The summed E-state index contributed by atoms with van der Waals surface area (Å²) < 4.78 is 67.9. The predicted octanol–water partition coefficient (Wildman–Crippen LogP) is 9.25. The molecule has 358 valence electrons. The van der Waals surface area contributed by atoms with Crippen LogP contribution in [-0.4, -0.2) is 98.1 Å². The molecule has 4 aliphatic rings. The molecule has 0 aliphatic heterocycles. The third-order valence-corrected chi connectivity index (χ3v) is 20.8. The summed E-state index contributed by atoms with van der Waals surface area (Å²) in [5, 5.41) is 1.51. The fourth-order valence-electron chi connectivity index (χ4n) is 9.74. The summed E-state index contributed by atoms with van der Waals surface area (Å²) >= 11 is 2.15. The molecule has 2 aromatic carbocycles. The number of hydrogen-bond acceptors (Lipinski definition) is 12. The summed E-state index contributed by atoms with van der Waals surface area (Å²) in [7, 11) is -4.03. The van der Waals surface area contributed by atoms with Crippen LogP contribution >= 0.6 is 11.8 Å². The van der Waals surface area contributed by atoms with Gasteiger partial charge in [0.05, 0.1) is 20.6 Å². The normalized spacial score (nSPS) is 21.7. The van der Waals surface area contributed by atoms with Crippen molar-refractivity contribution in [3.63, 3.8) is 0 Å². The highest BCUT2D eigenvalue weighted by Crippen LogP contribution is 2.38. The van der Waals surface area contributed by atoms with E-state index in [-0.39, 0.29) is 9.79 Å². The van der Waals surface area contributed by atoms with E-state index in [9.17, 15) is 21.0 Å². The zero-order valence-corrected chi connectivity index (χ0v) is 42.4. The minimum Gasteiger partial charge on any atom is -0.356 e. The predicted molar refractivity (Wildman–Crippen MR) is 272 cm³/mol. The zero-order chi connectivity index (χ0) is 46.9. The van der Waals surface area contributed by atoms with Crippen molar-refractivity contribution in [3.8, 4) is 0 Å². The average Bonchev–Trinajstić information content (AvgIpc) is 4.24. The first kappa shape index (κ1) is 47.7. The van der Waals surface area contributed by atoms with Crippen LogP contribution in [0.5, 0.6) is 0 Å². The fourth-order valence-corrected chi connectivity index (χ4v) is 15.7. The molecule has 0 saturated heterocycles. The van der Waals surface area contributed by atoms with Gasteiger partial charge in [-0.2, -0.15) is 11.8 Å². The fraction of sp³-hybridized carbons (Fsp3) is 0.520. The van der Waals surface area contributed by atoms with E-state index >= 15 is 0 Å². The second-order valence-electron chi connectivity index (χ2n) is 19.5. The smallest absolute Gasteiger partial charge is 0.269 e. The van der Waals surface area contributed by atoms with Crippen molar-refractivity contribution in [2.45, 2.75) is 113 Å². The summed E-state index contributed by atoms with van der Waals surface area (Å²) in [6.45, 7) is 3.87. The molecule has 67 heavy (non-hydrogen) atoms. The van der Waals surface area contributed by atoms with Gasteiger partial charge >= 0.3 is 0 Å². The number of nitrogens with zero attached hydrogens (tertiary/aromatic N) is 8. The molecule has 1 unspecified atom stereocenters. The summed E-state index contributed by atoms with van der Waals surface area (Å²) in [6, 6.07) is 18.1. The number of hydrogen-bond donors (Lipinski definition) is 0. The lowest BCUT2D eigenvalue weighted by atomic mass is 9.86. The van der Waals surface area contributed by atoms with Crippen molar-refractivity contribution >= 4 is 76.3 Å². The quantitative estimate of drug-likeness (QED) is 0.0909. The molecule has 13 nitrogen and oxygen atoms in total. The Labute approximate surface area is 403 Å². The van der Waals surface area contributed by atoms with Crippen LogP contribution < -0.4 is 9.80 Å². The minimum atomic E-state index is -3.75. The van der Waals surface area contributed by atoms with Crippen molar-refractivity contribution in [2.24, 2.45) is 23.7 Å². The van der Waals surface area contributed by atoms with Gasteiger partial charge in [0.15, 0.2) is 11.3 Å². The van der Waals surface area contributed by atoms with Gasteiger partial charge in [0, 0.05) is 60.9 Å². The van der Waals surface area contributed by atoms with E-state index < -0.39 is 30.8 Å². The van der Waals surface area contributed by atoms with E-state index in [1.807, 2.05) is 39.1 Å². The van der Waals surface area contributed by atoms with Crippen LogP contribution in [0.25, 0.3) is 22.1 Å². The maximum atomic E-state index is 13.3. The molecule has 0 amide bonds. The average molecular weight is 985 g/mol. The van der Waals surface area contributed by atoms with Gasteiger partial charge in [-0.05, 0) is 162 Å². The molecule has 0 bridgehead atoms. The highest BCUT2D eigenvalue weighted by atomic mass is 32.2. The van der Waals surface area contributed by atoms with Gasteiger partial charge in [-0.1, -0.05) is 35.4 Å². The minimum absolute atomic E-state index is 0.238. The zero-order valence-electron chi connectivity index (χ0n) is 39.1. The SMILES string of the molecule is Cc1ccc(S(=O)(=O)n2ccc3c(N(C)C4CCC(CS(=O)CC5CC5)CC4)ncnc32)cc1.Cc1ccc(S(=O)(=O)n2ccc3c(N(C)C4CCC(CSCC5CC5)CC4)ncnc32)cc1. The van der Waals surface area contributed by atoms with E-state index in [0.29, 0.717) is 35.2 Å². The standard InChI is InChI=1S/C25H32N4O3S2.C25H32N4O2S2/c1-18-3-11-22(12-4-18)34(31,32)29-14-13-23-24(26-17-27-25(23)29)28(2)21-9-7-20(8-10-21)16-33(30)15-19-5-6-19;1-18-3-11-22(12-4-18)33(30,31)29-14-13-23-24(26-17-27-25(23)29)28(2)21-9-7-20(8-10-21)16-32-15-19-5-6-19/h3-4,11-14,17,19-21H,5-10,15-16H2,1-2H3;3-4,11-14,17,19-21H,5-10,15-16H2,1-2H3. The topological polar surface area (TPSA) is 153 Å². The largest absolute Gasteiger partial charge is 0.356 e. The molecule has 4 aromatic heterocycles. The van der Waals surface area contributed by atoms with Gasteiger partial charge in [-0.25, -0.2) is 44.7 Å². The van der Waals surface area contributed by atoms with Crippen molar-refractivity contribution < 1.29 is 21.0 Å². The third-order valence-electron chi connectivity index (χ3n) is 14.4. The summed E-state index contributed by atoms with van der Waals surface area (Å²) in [6.07, 6.45) is 20.5. The molecule has 0 spiro atoms. The number of aromatic nitrogens is 6. The number of thioether (sulfide) groups is 1. The van der Waals surface area contributed by atoms with Gasteiger partial charge in [0.2, 0.25) is 0 Å². The number of benzene rings is 2. The molecule has 0 radical (unpaired) electrons. The highest BCUT2D eigenvalue weighted by Gasteiger charge is 2.31. The first-order chi connectivity index (χ1) is 32.3. The molecule has 10 rings (SSSR count). The van der Waals surface area contributed by atoms with E-state index in [1.54, 1.807) is 54.9 Å². The van der Waals surface area contributed by atoms with Gasteiger partial charge in [-0.15, -0.1) is 0 Å². The molecule has 4 fully saturated rings. The van der Waals surface area contributed by atoms with Gasteiger partial charge in [0.25, 0.3) is 20.0 Å². The molecular formula is C50H64N8O5S4. The van der Waals surface area contributed by atoms with Crippen LogP contribution in [-0.2, 0) is 30.8 Å². The monoisotopic (exact) mass is 984 g/mol. The van der Waals surface area contributed by atoms with E-state index in [2.05, 4.69) is 48.5 Å². The van der Waals surface area contributed by atoms with Crippen LogP contribution in [0.1, 0.15) is 88.2 Å². The van der Waals surface area contributed by atoms with E-state index in [4.69, 9.17) is 0 Å². The lowest BCUT2D eigenvalue weighted by Crippen LogP contribution is -2.36. The lowest BCUT2D eigenvalue weighted by Gasteiger charge is -2.35. The molecular weight excluding hydrogens is 921 g/mol. The molecule has 4 saturated carbocycles. The van der Waals surface area contributed by atoms with Gasteiger partial charge in [0.1, 0.15) is 24.3 Å². The molecule has 1 atom stereocenters. The first-order valence-corrected chi connectivity index (χ1v) is 29.5. The molecule has 0 N–H and O–H groups in total. The molecule has 4 heterocycles. The van der Waals surface area contributed by atoms with Crippen LogP contribution in [0.4, 0.5) is 11.6 Å². The number of rotatable bonds is 16. The summed E-state index contributed by atoms with van der Waals surface area (Å²) in [5.41, 5.74) is 2.85. The molecule has 4 aliphatic carbocycles. The molecule has 6 aromatic rings. The third kappa shape index (κ3) is 10.9. The molecule has 17 heteroatoms. The van der Waals surface area contributed by atoms with Crippen LogP contribution in [0.2, 0.25) is 0 Å². The Bertz CT molecular complexity index is 2900. The lowest BCUT2D eigenvalue weighted by molar-refractivity contribution is 0.343. The maximum absolute atomic E-state index is 13.3. The van der Waals surface area contributed by atoms with Gasteiger partial charge in [-0.3, -0.25) is 4.21 Å². The Morgan fingerprint density at radius 2 is 0.896 bits per heavy atom. The van der Waals surface area contributed by atoms with Crippen LogP contribution in [0.3, 0.4) is 0 Å². The highest BCUT2D eigenvalue weighted by molar-refractivity contribution is 7.99. The van der Waals surface area contributed by atoms with Crippen molar-refractivity contribution in [1.29, 1.82) is 0 Å². The Morgan fingerprint density at radius 1 is 0.537 bits per heavy atom. The Morgan fingerprint density at radius 3 is 1.27 bits per heavy atom. The van der Waals surface area contributed by atoms with Crippen molar-refractivity contribution in [1.82, 2.24) is 27.9 Å². The van der Waals surface area contributed by atoms with Crippen molar-refractivity contribution in [2.75, 3.05) is 46.9 Å². The Kier molecular flexibility index (Phi) is 14.5. The van der Waals surface area contributed by atoms with E-state index in [0.717, 1.165) is 95.4 Å². The summed E-state index contributed by atoms with van der Waals surface area (Å²) in [4.78, 5) is 22.7. The van der Waals surface area contributed by atoms with Gasteiger partial charge < -0.3 is 9.80 Å². The second kappa shape index (κ2) is 20.3. The first-order valence-electron chi connectivity index (χ1n) is 23.9.